The van der Waals surface area contributed by atoms with Gasteiger partial charge in [-0.15, -0.1) is 0 Å². The van der Waals surface area contributed by atoms with Crippen molar-refractivity contribution in [3.63, 3.8) is 0 Å². The standard InChI is InChI=1S/C22H25NO5/c1-13-10-18(16(4)23(13)14(2)11-26-5)19(24)12-27-22(25)21-15(3)17-8-6-7-9-20(17)28-21/h6-10,14H,11-12H2,1-5H3/t14-/m0/s1. The highest BCUT2D eigenvalue weighted by Crippen LogP contribution is 2.26. The molecule has 2 heterocycles. The number of methoxy groups -OCH3 is 1. The van der Waals surface area contributed by atoms with Gasteiger partial charge in [-0.25, -0.2) is 4.79 Å². The Morgan fingerprint density at radius 1 is 1.18 bits per heavy atom. The zero-order valence-corrected chi connectivity index (χ0v) is 16.9. The summed E-state index contributed by atoms with van der Waals surface area (Å²) < 4.78 is 18.1. The average Bonchev–Trinajstić information content (AvgIpc) is 3.16. The summed E-state index contributed by atoms with van der Waals surface area (Å²) in [5, 5.41) is 0.858. The maximum absolute atomic E-state index is 12.7. The molecule has 3 aromatic rings. The van der Waals surface area contributed by atoms with Crippen LogP contribution in [-0.4, -0.2) is 36.6 Å². The van der Waals surface area contributed by atoms with Gasteiger partial charge in [0.05, 0.1) is 12.6 Å². The van der Waals surface area contributed by atoms with E-state index in [0.717, 1.165) is 16.8 Å². The van der Waals surface area contributed by atoms with E-state index in [1.165, 1.54) is 0 Å². The van der Waals surface area contributed by atoms with E-state index in [9.17, 15) is 9.59 Å². The number of Topliss-reactive ketones (excluding diaryl/α,β-unsaturated/α-hetero) is 1. The number of para-hydroxylation sites is 1. The van der Waals surface area contributed by atoms with Crippen molar-refractivity contribution in [2.24, 2.45) is 0 Å². The topological polar surface area (TPSA) is 70.7 Å². The summed E-state index contributed by atoms with van der Waals surface area (Å²) in [7, 11) is 1.65. The number of furan rings is 1. The van der Waals surface area contributed by atoms with Crippen molar-refractivity contribution < 1.29 is 23.5 Å². The van der Waals surface area contributed by atoms with E-state index in [4.69, 9.17) is 13.9 Å². The monoisotopic (exact) mass is 383 g/mol. The van der Waals surface area contributed by atoms with Crippen LogP contribution < -0.4 is 0 Å². The van der Waals surface area contributed by atoms with Crippen molar-refractivity contribution in [3.05, 3.63) is 58.6 Å². The van der Waals surface area contributed by atoms with E-state index >= 15 is 0 Å². The average molecular weight is 383 g/mol. The van der Waals surface area contributed by atoms with Crippen LogP contribution in [0.4, 0.5) is 0 Å². The molecule has 2 aromatic heterocycles. The van der Waals surface area contributed by atoms with Gasteiger partial charge in [0.1, 0.15) is 5.58 Å². The van der Waals surface area contributed by atoms with E-state index in [1.54, 1.807) is 20.1 Å². The highest BCUT2D eigenvalue weighted by Gasteiger charge is 2.23. The number of aryl methyl sites for hydroxylation is 2. The summed E-state index contributed by atoms with van der Waals surface area (Å²) in [6, 6.07) is 9.32. The highest BCUT2D eigenvalue weighted by atomic mass is 16.5. The third-order valence-electron chi connectivity index (χ3n) is 5.00. The lowest BCUT2D eigenvalue weighted by Gasteiger charge is -2.17. The highest BCUT2D eigenvalue weighted by molar-refractivity contribution is 6.01. The summed E-state index contributed by atoms with van der Waals surface area (Å²) in [6.45, 7) is 7.87. The summed E-state index contributed by atoms with van der Waals surface area (Å²) >= 11 is 0. The Balaban J connectivity index is 1.74. The molecule has 0 unspecified atom stereocenters. The van der Waals surface area contributed by atoms with Crippen molar-refractivity contribution >= 4 is 22.7 Å². The molecule has 0 aliphatic heterocycles. The van der Waals surface area contributed by atoms with Crippen molar-refractivity contribution in [2.45, 2.75) is 33.7 Å². The molecular formula is C22H25NO5. The zero-order chi connectivity index (χ0) is 20.4. The first-order chi connectivity index (χ1) is 13.3. The molecule has 0 saturated carbocycles. The molecule has 1 aromatic carbocycles. The quantitative estimate of drug-likeness (QED) is 0.446. The van der Waals surface area contributed by atoms with E-state index in [0.29, 0.717) is 23.3 Å². The van der Waals surface area contributed by atoms with Crippen molar-refractivity contribution in [2.75, 3.05) is 20.3 Å². The second-order valence-electron chi connectivity index (χ2n) is 7.01. The molecule has 0 radical (unpaired) electrons. The van der Waals surface area contributed by atoms with Gasteiger partial charge in [0.2, 0.25) is 11.5 Å². The lowest BCUT2D eigenvalue weighted by Crippen LogP contribution is -2.17. The predicted molar refractivity (Wildman–Crippen MR) is 106 cm³/mol. The molecule has 0 spiro atoms. The van der Waals surface area contributed by atoms with Gasteiger partial charge in [0, 0.05) is 35.0 Å². The minimum absolute atomic E-state index is 0.104. The number of carbonyl (C=O) groups excluding carboxylic acids is 2. The molecular weight excluding hydrogens is 358 g/mol. The molecule has 6 heteroatoms. The van der Waals surface area contributed by atoms with Crippen LogP contribution in [0.2, 0.25) is 0 Å². The van der Waals surface area contributed by atoms with E-state index < -0.39 is 5.97 Å². The Hall–Kier alpha value is -2.86. The SMILES string of the molecule is COC[C@H](C)n1c(C)cc(C(=O)COC(=O)c2oc3ccccc3c2C)c1C. The largest absolute Gasteiger partial charge is 0.451 e. The van der Waals surface area contributed by atoms with Crippen LogP contribution in [0.1, 0.15) is 50.8 Å². The second kappa shape index (κ2) is 8.02. The fourth-order valence-electron chi connectivity index (χ4n) is 3.70. The molecule has 0 aliphatic rings. The summed E-state index contributed by atoms with van der Waals surface area (Å²) in [5.41, 5.74) is 3.68. The first-order valence-electron chi connectivity index (χ1n) is 9.21. The van der Waals surface area contributed by atoms with Gasteiger partial charge in [-0.2, -0.15) is 0 Å². The minimum Gasteiger partial charge on any atom is -0.451 e. The van der Waals surface area contributed by atoms with E-state index in [1.807, 2.05) is 45.0 Å². The Kier molecular flexibility index (Phi) is 5.70. The third-order valence-corrected chi connectivity index (χ3v) is 5.00. The first kappa shape index (κ1) is 19.9. The smallest absolute Gasteiger partial charge is 0.375 e. The molecule has 28 heavy (non-hydrogen) atoms. The Labute approximate surface area is 164 Å². The summed E-state index contributed by atoms with van der Waals surface area (Å²) in [5.74, 6) is -0.747. The molecule has 0 N–H and O–H groups in total. The molecule has 0 saturated heterocycles. The summed E-state index contributed by atoms with van der Waals surface area (Å²) in [6.07, 6.45) is 0. The number of hydrogen-bond donors (Lipinski definition) is 0. The van der Waals surface area contributed by atoms with E-state index in [2.05, 4.69) is 4.57 Å². The van der Waals surface area contributed by atoms with Gasteiger partial charge in [-0.05, 0) is 39.8 Å². The molecule has 148 valence electrons. The number of ether oxygens (including phenoxy) is 2. The normalized spacial score (nSPS) is 12.3. The number of aromatic nitrogens is 1. The maximum atomic E-state index is 12.7. The van der Waals surface area contributed by atoms with Crippen LogP contribution in [0.3, 0.4) is 0 Å². The fraction of sp³-hybridized carbons (Fsp3) is 0.364. The first-order valence-corrected chi connectivity index (χ1v) is 9.21. The van der Waals surface area contributed by atoms with Crippen LogP contribution in [0, 0.1) is 20.8 Å². The number of ketones is 1. The van der Waals surface area contributed by atoms with Crippen LogP contribution in [0.15, 0.2) is 34.7 Å². The molecule has 1 atom stereocenters. The van der Waals surface area contributed by atoms with Gasteiger partial charge in [0.15, 0.2) is 6.61 Å². The number of rotatable bonds is 7. The maximum Gasteiger partial charge on any atom is 0.375 e. The van der Waals surface area contributed by atoms with Crippen LogP contribution >= 0.6 is 0 Å². The predicted octanol–water partition coefficient (Wildman–Crippen LogP) is 4.41. The van der Waals surface area contributed by atoms with Gasteiger partial charge in [0.25, 0.3) is 0 Å². The second-order valence-corrected chi connectivity index (χ2v) is 7.01. The van der Waals surface area contributed by atoms with Gasteiger partial charge < -0.3 is 18.5 Å². The number of benzene rings is 1. The Bertz CT molecular complexity index is 1030. The van der Waals surface area contributed by atoms with Gasteiger partial charge in [-0.3, -0.25) is 4.79 Å². The molecule has 3 rings (SSSR count). The molecule has 0 fully saturated rings. The number of hydrogen-bond acceptors (Lipinski definition) is 5. The van der Waals surface area contributed by atoms with Gasteiger partial charge in [-0.1, -0.05) is 18.2 Å². The number of fused-ring (bicyclic) bond motifs is 1. The fourth-order valence-corrected chi connectivity index (χ4v) is 3.70. The van der Waals surface area contributed by atoms with Gasteiger partial charge >= 0.3 is 5.97 Å². The third kappa shape index (κ3) is 3.60. The van der Waals surface area contributed by atoms with E-state index in [-0.39, 0.29) is 24.2 Å². The lowest BCUT2D eigenvalue weighted by molar-refractivity contribution is 0.0445. The number of nitrogens with zero attached hydrogens (tertiary/aromatic N) is 1. The van der Waals surface area contributed by atoms with Crippen molar-refractivity contribution in [1.29, 1.82) is 0 Å². The van der Waals surface area contributed by atoms with Crippen LogP contribution in [-0.2, 0) is 9.47 Å². The van der Waals surface area contributed by atoms with Crippen LogP contribution in [0.5, 0.6) is 0 Å². The lowest BCUT2D eigenvalue weighted by atomic mass is 10.1. The summed E-state index contributed by atoms with van der Waals surface area (Å²) in [4.78, 5) is 25.1. The molecule has 0 amide bonds. The minimum atomic E-state index is -0.636. The number of esters is 1. The molecule has 0 bridgehead atoms. The van der Waals surface area contributed by atoms with Crippen LogP contribution in [0.25, 0.3) is 11.0 Å². The molecule has 0 aliphatic carbocycles. The number of carbonyl (C=O) groups is 2. The Morgan fingerprint density at radius 2 is 1.89 bits per heavy atom. The Morgan fingerprint density at radius 3 is 2.57 bits per heavy atom. The zero-order valence-electron chi connectivity index (χ0n) is 16.9. The van der Waals surface area contributed by atoms with Crippen molar-refractivity contribution in [3.8, 4) is 0 Å². The van der Waals surface area contributed by atoms with Crippen molar-refractivity contribution in [1.82, 2.24) is 4.57 Å². The molecule has 6 nitrogen and oxygen atoms in total.